The van der Waals surface area contributed by atoms with Crippen LogP contribution in [-0.2, 0) is 17.3 Å². The number of aromatic amines is 1. The van der Waals surface area contributed by atoms with Crippen LogP contribution in [0.1, 0.15) is 73.4 Å². The van der Waals surface area contributed by atoms with Gasteiger partial charge in [-0.25, -0.2) is 4.98 Å². The summed E-state index contributed by atoms with van der Waals surface area (Å²) >= 11 is 0. The average Bonchev–Trinajstić information content (AvgIpc) is 3.42. The van der Waals surface area contributed by atoms with Gasteiger partial charge in [-0.3, -0.25) is 4.79 Å². The molecule has 1 aliphatic heterocycles. The quantitative estimate of drug-likeness (QED) is 0.313. The van der Waals surface area contributed by atoms with Crippen LogP contribution in [0.15, 0.2) is 36.5 Å². The minimum absolute atomic E-state index is 0.0350. The third-order valence-corrected chi connectivity index (χ3v) is 7.61. The lowest BCUT2D eigenvalue weighted by atomic mass is 9.87. The van der Waals surface area contributed by atoms with Crippen LogP contribution in [-0.4, -0.2) is 45.9 Å². The van der Waals surface area contributed by atoms with Crippen LogP contribution in [0.25, 0.3) is 11.1 Å². The Hall–Kier alpha value is -3.47. The maximum absolute atomic E-state index is 13.9. The second kappa shape index (κ2) is 12.8. The highest BCUT2D eigenvalue weighted by Gasteiger charge is 2.34. The van der Waals surface area contributed by atoms with Crippen LogP contribution in [0.5, 0.6) is 5.75 Å². The Labute approximate surface area is 231 Å². The van der Waals surface area contributed by atoms with Gasteiger partial charge in [0, 0.05) is 25.8 Å². The smallest absolute Gasteiger partial charge is 0.417 e. The fourth-order valence-electron chi connectivity index (χ4n) is 5.48. The molecule has 8 nitrogen and oxygen atoms in total. The van der Waals surface area contributed by atoms with Crippen LogP contribution >= 0.6 is 0 Å². The lowest BCUT2D eigenvalue weighted by molar-refractivity contribution is -0.137. The van der Waals surface area contributed by atoms with Gasteiger partial charge < -0.3 is 19.8 Å². The predicted molar refractivity (Wildman–Crippen MR) is 143 cm³/mol. The standard InChI is InChI=1S/C29H34F3N5O3/c30-29(31,32)24-9-8-22(40-14-11-20-7-4-13-39-18-20)17-23(24)21-10-12-33-25(16-21)35-28(38)27-34-26(36-37-27)15-19-5-2-1-3-6-19/h8-10,12,16-17,19-20H,1-7,11,13-15,18H2,(H,33,35,38)(H,34,36,37). The number of carbonyl (C=O) groups is 1. The molecular weight excluding hydrogens is 523 g/mol. The Kier molecular flexibility index (Phi) is 8.98. The fraction of sp³-hybridized carbons (Fsp3) is 0.517. The number of amides is 1. The van der Waals surface area contributed by atoms with Crippen molar-refractivity contribution < 1.29 is 27.4 Å². The summed E-state index contributed by atoms with van der Waals surface area (Å²) in [4.78, 5) is 19.9. The van der Waals surface area contributed by atoms with Crippen molar-refractivity contribution >= 4 is 11.7 Å². The molecule has 1 unspecified atom stereocenters. The number of hydrogen-bond acceptors (Lipinski definition) is 6. The van der Waals surface area contributed by atoms with Crippen molar-refractivity contribution in [2.24, 2.45) is 11.8 Å². The zero-order chi connectivity index (χ0) is 28.0. The number of aromatic nitrogens is 4. The van der Waals surface area contributed by atoms with Crippen molar-refractivity contribution in [3.8, 4) is 16.9 Å². The summed E-state index contributed by atoms with van der Waals surface area (Å²) in [6, 6.07) is 6.62. The van der Waals surface area contributed by atoms with Gasteiger partial charge in [0.15, 0.2) is 0 Å². The lowest BCUT2D eigenvalue weighted by Crippen LogP contribution is -2.19. The summed E-state index contributed by atoms with van der Waals surface area (Å²) in [6.07, 6.45) is 6.30. The molecule has 2 aromatic heterocycles. The Morgan fingerprint density at radius 2 is 1.88 bits per heavy atom. The summed E-state index contributed by atoms with van der Waals surface area (Å²) in [6.45, 7) is 1.84. The molecular formula is C29H34F3N5O3. The van der Waals surface area contributed by atoms with Crippen LogP contribution in [0.3, 0.4) is 0 Å². The van der Waals surface area contributed by atoms with E-state index in [2.05, 4.69) is 25.5 Å². The van der Waals surface area contributed by atoms with E-state index in [4.69, 9.17) is 9.47 Å². The van der Waals surface area contributed by atoms with Crippen LogP contribution in [0, 0.1) is 11.8 Å². The molecule has 0 bridgehead atoms. The van der Waals surface area contributed by atoms with Crippen molar-refractivity contribution in [1.29, 1.82) is 0 Å². The molecule has 5 rings (SSSR count). The molecule has 1 aliphatic carbocycles. The SMILES string of the molecule is O=C(Nc1cc(-c2cc(OCCC3CCCOC3)ccc2C(F)(F)F)ccn1)c1nnc(CC2CCCCC2)[nH]1. The lowest BCUT2D eigenvalue weighted by Gasteiger charge is -2.22. The van der Waals surface area contributed by atoms with Crippen LogP contribution in [0.2, 0.25) is 0 Å². The Bertz CT molecular complexity index is 1280. The largest absolute Gasteiger partial charge is 0.494 e. The molecule has 2 aliphatic rings. The maximum Gasteiger partial charge on any atom is 0.417 e. The number of H-pyrrole nitrogens is 1. The first-order valence-corrected chi connectivity index (χ1v) is 14.0. The van der Waals surface area contributed by atoms with Gasteiger partial charge in [0.25, 0.3) is 5.91 Å². The monoisotopic (exact) mass is 557 g/mol. The summed E-state index contributed by atoms with van der Waals surface area (Å²) in [5.74, 6) is 1.49. The van der Waals surface area contributed by atoms with Crippen molar-refractivity contribution in [3.63, 3.8) is 0 Å². The van der Waals surface area contributed by atoms with Crippen molar-refractivity contribution in [3.05, 3.63) is 53.7 Å². The number of hydrogen-bond donors (Lipinski definition) is 2. The molecule has 1 atom stereocenters. The summed E-state index contributed by atoms with van der Waals surface area (Å²) in [5, 5.41) is 10.7. The highest BCUT2D eigenvalue weighted by Crippen LogP contribution is 2.39. The van der Waals surface area contributed by atoms with Crippen LogP contribution < -0.4 is 10.1 Å². The molecule has 11 heteroatoms. The Balaban J connectivity index is 1.28. The van der Waals surface area contributed by atoms with Gasteiger partial charge in [0.2, 0.25) is 5.82 Å². The van der Waals surface area contributed by atoms with Crippen molar-refractivity contribution in [2.45, 2.75) is 64.0 Å². The van der Waals surface area contributed by atoms with Gasteiger partial charge in [-0.15, -0.1) is 10.2 Å². The third-order valence-electron chi connectivity index (χ3n) is 7.61. The highest BCUT2D eigenvalue weighted by atomic mass is 19.4. The number of carbonyl (C=O) groups excluding carboxylic acids is 1. The normalized spacial score (nSPS) is 18.4. The molecule has 0 radical (unpaired) electrons. The van der Waals surface area contributed by atoms with Gasteiger partial charge in [-0.1, -0.05) is 32.1 Å². The van der Waals surface area contributed by atoms with Gasteiger partial charge >= 0.3 is 6.18 Å². The first-order valence-electron chi connectivity index (χ1n) is 14.0. The van der Waals surface area contributed by atoms with Crippen LogP contribution in [0.4, 0.5) is 19.0 Å². The molecule has 3 aromatic rings. The second-order valence-electron chi connectivity index (χ2n) is 10.6. The summed E-state index contributed by atoms with van der Waals surface area (Å²) in [5.41, 5.74) is -0.607. The first-order chi connectivity index (χ1) is 19.3. The number of pyridine rings is 1. The zero-order valence-electron chi connectivity index (χ0n) is 22.3. The summed E-state index contributed by atoms with van der Waals surface area (Å²) < 4.78 is 53.0. The second-order valence-corrected chi connectivity index (χ2v) is 10.6. The van der Waals surface area contributed by atoms with E-state index in [1.54, 1.807) is 0 Å². The van der Waals surface area contributed by atoms with E-state index in [1.165, 1.54) is 49.7 Å². The van der Waals surface area contributed by atoms with Gasteiger partial charge in [-0.05, 0) is 72.6 Å². The number of rotatable bonds is 9. The molecule has 2 N–H and O–H groups in total. The van der Waals surface area contributed by atoms with Gasteiger partial charge in [-0.2, -0.15) is 13.2 Å². The molecule has 0 spiro atoms. The molecule has 2 fully saturated rings. The number of nitrogens with zero attached hydrogens (tertiary/aromatic N) is 3. The zero-order valence-corrected chi connectivity index (χ0v) is 22.3. The van der Waals surface area contributed by atoms with E-state index in [0.29, 0.717) is 36.6 Å². The third kappa shape index (κ3) is 7.38. The molecule has 1 amide bonds. The molecule has 214 valence electrons. The molecule has 1 saturated carbocycles. The molecule has 1 aromatic carbocycles. The van der Waals surface area contributed by atoms with E-state index >= 15 is 0 Å². The van der Waals surface area contributed by atoms with E-state index in [0.717, 1.165) is 51.2 Å². The Morgan fingerprint density at radius 1 is 1.05 bits per heavy atom. The average molecular weight is 558 g/mol. The minimum atomic E-state index is -4.57. The number of anilines is 1. The van der Waals surface area contributed by atoms with E-state index in [-0.39, 0.29) is 22.8 Å². The van der Waals surface area contributed by atoms with Gasteiger partial charge in [0.1, 0.15) is 17.4 Å². The van der Waals surface area contributed by atoms with E-state index in [9.17, 15) is 18.0 Å². The minimum Gasteiger partial charge on any atom is -0.494 e. The van der Waals surface area contributed by atoms with Crippen molar-refractivity contribution in [1.82, 2.24) is 20.2 Å². The molecule has 40 heavy (non-hydrogen) atoms. The molecule has 1 saturated heterocycles. The summed E-state index contributed by atoms with van der Waals surface area (Å²) in [7, 11) is 0. The molecule has 3 heterocycles. The number of alkyl halides is 3. The number of nitrogens with one attached hydrogen (secondary N) is 2. The number of halogens is 3. The van der Waals surface area contributed by atoms with E-state index in [1.807, 2.05) is 0 Å². The topological polar surface area (TPSA) is 102 Å². The first kappa shape index (κ1) is 28.1. The van der Waals surface area contributed by atoms with Crippen molar-refractivity contribution in [2.75, 3.05) is 25.1 Å². The fourth-order valence-corrected chi connectivity index (χ4v) is 5.48. The van der Waals surface area contributed by atoms with Gasteiger partial charge in [0.05, 0.1) is 12.2 Å². The van der Waals surface area contributed by atoms with E-state index < -0.39 is 17.6 Å². The number of benzene rings is 1. The predicted octanol–water partition coefficient (Wildman–Crippen LogP) is 6.46. The maximum atomic E-state index is 13.9. The highest BCUT2D eigenvalue weighted by molar-refractivity contribution is 6.01. The Morgan fingerprint density at radius 3 is 2.65 bits per heavy atom. The number of ether oxygens (including phenoxy) is 2.